The van der Waals surface area contributed by atoms with Gasteiger partial charge in [0.05, 0.1) is 29.2 Å². The van der Waals surface area contributed by atoms with Crippen LogP contribution in [0.15, 0.2) is 47.2 Å². The summed E-state index contributed by atoms with van der Waals surface area (Å²) in [6, 6.07) is 7.24. The number of ether oxygens (including phenoxy) is 2. The van der Waals surface area contributed by atoms with E-state index in [1.807, 2.05) is 0 Å². The van der Waals surface area contributed by atoms with Gasteiger partial charge in [0.2, 0.25) is 5.95 Å². The summed E-state index contributed by atoms with van der Waals surface area (Å²) in [5.41, 5.74) is 1.44. The van der Waals surface area contributed by atoms with Gasteiger partial charge in [0, 0.05) is 23.9 Å². The molecule has 3 rings (SSSR count). The molecule has 0 saturated carbocycles. The molecule has 0 radical (unpaired) electrons. The Kier molecular flexibility index (Phi) is 6.30. The summed E-state index contributed by atoms with van der Waals surface area (Å²) in [6.07, 6.45) is -1.80. The highest BCUT2D eigenvalue weighted by atomic mass is 79.9. The van der Waals surface area contributed by atoms with E-state index in [1.54, 1.807) is 36.9 Å². The van der Waals surface area contributed by atoms with E-state index >= 15 is 0 Å². The molecule has 30 heavy (non-hydrogen) atoms. The lowest BCUT2D eigenvalue weighted by atomic mass is 10.2. The van der Waals surface area contributed by atoms with Crippen molar-refractivity contribution in [3.05, 3.63) is 52.8 Å². The van der Waals surface area contributed by atoms with Gasteiger partial charge in [0.15, 0.2) is 5.75 Å². The predicted octanol–water partition coefficient (Wildman–Crippen LogP) is 5.06. The van der Waals surface area contributed by atoms with Crippen molar-refractivity contribution < 1.29 is 27.4 Å². The van der Waals surface area contributed by atoms with Gasteiger partial charge < -0.3 is 19.4 Å². The van der Waals surface area contributed by atoms with Crippen LogP contribution >= 0.6 is 15.9 Å². The molecule has 2 aromatic heterocycles. The topological polar surface area (TPSA) is 78.3 Å². The molecule has 1 N–H and O–H groups in total. The summed E-state index contributed by atoms with van der Waals surface area (Å²) < 4.78 is 49.3. The number of anilines is 2. The number of halogens is 4. The predicted molar refractivity (Wildman–Crippen MR) is 107 cm³/mol. The van der Waals surface area contributed by atoms with Gasteiger partial charge in [0.25, 0.3) is 0 Å². The number of alkyl halides is 3. The van der Waals surface area contributed by atoms with E-state index in [4.69, 9.17) is 4.74 Å². The third-order valence-corrected chi connectivity index (χ3v) is 4.34. The zero-order chi connectivity index (χ0) is 21.9. The van der Waals surface area contributed by atoms with Gasteiger partial charge in [-0.15, -0.1) is 13.2 Å². The van der Waals surface area contributed by atoms with Gasteiger partial charge in [-0.05, 0) is 37.3 Å². The molecule has 0 aliphatic rings. The van der Waals surface area contributed by atoms with Crippen molar-refractivity contribution in [3.8, 4) is 17.1 Å². The summed E-state index contributed by atoms with van der Waals surface area (Å²) in [6.45, 7) is 1.96. The van der Waals surface area contributed by atoms with Crippen LogP contribution in [0.1, 0.15) is 17.3 Å². The molecule has 0 saturated heterocycles. The molecule has 1 aromatic carbocycles. The summed E-state index contributed by atoms with van der Waals surface area (Å²) in [5, 5.41) is 2.74. The normalized spacial score (nSPS) is 11.3. The number of carbonyl (C=O) groups excluding carboxylic acids is 1. The summed E-state index contributed by atoms with van der Waals surface area (Å²) in [4.78, 5) is 20.3. The van der Waals surface area contributed by atoms with E-state index in [0.717, 1.165) is 0 Å². The molecule has 0 bridgehead atoms. The van der Waals surface area contributed by atoms with Crippen molar-refractivity contribution in [2.45, 2.75) is 13.3 Å². The van der Waals surface area contributed by atoms with E-state index < -0.39 is 18.1 Å². The van der Waals surface area contributed by atoms with Crippen molar-refractivity contribution in [2.75, 3.05) is 11.9 Å². The second-order valence-electron chi connectivity index (χ2n) is 6.02. The van der Waals surface area contributed by atoms with Gasteiger partial charge >= 0.3 is 12.3 Å². The molecule has 0 spiro atoms. The molecular weight excluding hydrogens is 469 g/mol. The number of aryl methyl sites for hydroxylation is 1. The number of benzene rings is 1. The van der Waals surface area contributed by atoms with Crippen molar-refractivity contribution in [1.29, 1.82) is 0 Å². The lowest BCUT2D eigenvalue weighted by Gasteiger charge is -2.14. The van der Waals surface area contributed by atoms with Crippen LogP contribution in [0.4, 0.5) is 24.8 Å². The molecule has 2 heterocycles. The van der Waals surface area contributed by atoms with Crippen LogP contribution in [0.5, 0.6) is 5.75 Å². The lowest BCUT2D eigenvalue weighted by Crippen LogP contribution is -2.18. The number of nitrogens with zero attached hydrogens (tertiary/aromatic N) is 3. The second-order valence-corrected chi connectivity index (χ2v) is 6.94. The maximum atomic E-state index is 12.7. The Morgan fingerprint density at radius 2 is 2.03 bits per heavy atom. The standard InChI is InChI=1S/C19H16BrF3N4O3/c1-3-29-17(28)11-8-15(27(2)10-11)13-6-7-24-18(25-13)26-14-9-12(20)4-5-16(14)30-19(21,22)23/h4-10H,3H2,1-2H3,(H,24,25,26). The fourth-order valence-electron chi connectivity index (χ4n) is 2.64. The van der Waals surface area contributed by atoms with Crippen LogP contribution in [0, 0.1) is 0 Å². The summed E-state index contributed by atoms with van der Waals surface area (Å²) >= 11 is 3.21. The molecule has 0 unspecified atom stereocenters. The van der Waals surface area contributed by atoms with Crippen LogP contribution in [-0.4, -0.2) is 33.5 Å². The highest BCUT2D eigenvalue weighted by molar-refractivity contribution is 9.10. The van der Waals surface area contributed by atoms with E-state index in [-0.39, 0.29) is 18.2 Å². The maximum absolute atomic E-state index is 12.7. The second kappa shape index (κ2) is 8.74. The van der Waals surface area contributed by atoms with Crippen molar-refractivity contribution in [3.63, 3.8) is 0 Å². The van der Waals surface area contributed by atoms with Crippen LogP contribution in [0.3, 0.4) is 0 Å². The minimum atomic E-state index is -4.85. The summed E-state index contributed by atoms with van der Waals surface area (Å²) in [5.74, 6) is -0.838. The smallest absolute Gasteiger partial charge is 0.462 e. The van der Waals surface area contributed by atoms with Gasteiger partial charge in [0.1, 0.15) is 0 Å². The molecule has 3 aromatic rings. The molecule has 0 aliphatic carbocycles. The highest BCUT2D eigenvalue weighted by Crippen LogP contribution is 2.34. The molecular formula is C19H16BrF3N4O3. The largest absolute Gasteiger partial charge is 0.573 e. The van der Waals surface area contributed by atoms with Crippen molar-refractivity contribution in [1.82, 2.24) is 14.5 Å². The van der Waals surface area contributed by atoms with Crippen LogP contribution in [0.2, 0.25) is 0 Å². The summed E-state index contributed by atoms with van der Waals surface area (Å²) in [7, 11) is 1.73. The number of aromatic nitrogens is 3. The first kappa shape index (κ1) is 21.6. The highest BCUT2D eigenvalue weighted by Gasteiger charge is 2.32. The number of esters is 1. The van der Waals surface area contributed by atoms with E-state index in [0.29, 0.717) is 21.4 Å². The zero-order valence-corrected chi connectivity index (χ0v) is 17.4. The van der Waals surface area contributed by atoms with E-state index in [9.17, 15) is 18.0 Å². The molecule has 11 heteroatoms. The van der Waals surface area contributed by atoms with Crippen LogP contribution in [0.25, 0.3) is 11.4 Å². The third kappa shape index (κ3) is 5.29. The van der Waals surface area contributed by atoms with Crippen molar-refractivity contribution >= 4 is 33.5 Å². The molecule has 0 atom stereocenters. The molecule has 0 fully saturated rings. The SMILES string of the molecule is CCOC(=O)c1cc(-c2ccnc(Nc3cc(Br)ccc3OC(F)(F)F)n2)n(C)c1. The first-order valence-corrected chi connectivity index (χ1v) is 9.45. The Balaban J connectivity index is 1.91. The van der Waals surface area contributed by atoms with E-state index in [2.05, 4.69) is 36.0 Å². The zero-order valence-electron chi connectivity index (χ0n) is 15.8. The minimum absolute atomic E-state index is 0.0259. The Labute approximate surface area is 178 Å². The molecule has 158 valence electrons. The number of nitrogens with one attached hydrogen (secondary N) is 1. The third-order valence-electron chi connectivity index (χ3n) is 3.85. The van der Waals surface area contributed by atoms with Crippen LogP contribution in [-0.2, 0) is 11.8 Å². The first-order valence-electron chi connectivity index (χ1n) is 8.65. The fourth-order valence-corrected chi connectivity index (χ4v) is 3.00. The number of hydrogen-bond acceptors (Lipinski definition) is 6. The van der Waals surface area contributed by atoms with E-state index in [1.165, 1.54) is 24.4 Å². The molecule has 0 aliphatic heterocycles. The van der Waals surface area contributed by atoms with Crippen molar-refractivity contribution in [2.24, 2.45) is 7.05 Å². The fraction of sp³-hybridized carbons (Fsp3) is 0.211. The number of hydrogen-bond donors (Lipinski definition) is 1. The monoisotopic (exact) mass is 484 g/mol. The first-order chi connectivity index (χ1) is 14.2. The number of carbonyl (C=O) groups is 1. The molecule has 0 amide bonds. The Bertz CT molecular complexity index is 1070. The molecule has 7 nitrogen and oxygen atoms in total. The maximum Gasteiger partial charge on any atom is 0.573 e. The van der Waals surface area contributed by atoms with Gasteiger partial charge in [-0.3, -0.25) is 0 Å². The average Bonchev–Trinajstić information content (AvgIpc) is 3.05. The quantitative estimate of drug-likeness (QED) is 0.492. The Morgan fingerprint density at radius 1 is 1.27 bits per heavy atom. The average molecular weight is 485 g/mol. The minimum Gasteiger partial charge on any atom is -0.462 e. The van der Waals surface area contributed by atoms with Gasteiger partial charge in [-0.2, -0.15) is 0 Å². The number of rotatable bonds is 6. The van der Waals surface area contributed by atoms with Gasteiger partial charge in [-0.25, -0.2) is 14.8 Å². The van der Waals surface area contributed by atoms with Crippen LogP contribution < -0.4 is 10.1 Å². The Morgan fingerprint density at radius 3 is 2.73 bits per heavy atom. The van der Waals surface area contributed by atoms with Gasteiger partial charge in [-0.1, -0.05) is 15.9 Å². The Hall–Kier alpha value is -3.08. The lowest BCUT2D eigenvalue weighted by molar-refractivity contribution is -0.274.